The summed E-state index contributed by atoms with van der Waals surface area (Å²) in [4.78, 5) is 25.5. The summed E-state index contributed by atoms with van der Waals surface area (Å²) >= 11 is 4.56. The monoisotopic (exact) mass is 1850 g/mol. The highest BCUT2D eigenvalue weighted by Gasteiger charge is 2.06. The van der Waals surface area contributed by atoms with Crippen molar-refractivity contribution in [3.8, 4) is 0 Å². The third-order valence-corrected chi connectivity index (χ3v) is 8.55. The molecule has 750 valence electrons. The number of furan rings is 1. The molecule has 0 atom stereocenters. The number of hydrogen-bond donors (Lipinski definition) is 4. The van der Waals surface area contributed by atoms with Gasteiger partial charge in [-0.2, -0.15) is 35.0 Å². The van der Waals surface area contributed by atoms with Gasteiger partial charge >= 0.3 is 0 Å². The van der Waals surface area contributed by atoms with Crippen LogP contribution >= 0.6 is 34.4 Å². The maximum absolute atomic E-state index is 5.12. The highest BCUT2D eigenvalue weighted by atomic mass is 32.1. The Labute approximate surface area is 796 Å². The summed E-state index contributed by atoms with van der Waals surface area (Å²) in [6.45, 7) is 115. The first-order valence-corrected chi connectivity index (χ1v) is 48.7. The van der Waals surface area contributed by atoms with Crippen LogP contribution in [-0.2, 0) is 0 Å². The molecular formula is C99H206N20O5S3. The molecule has 0 aromatic carbocycles. The van der Waals surface area contributed by atoms with Gasteiger partial charge in [-0.05, 0) is 120 Å². The molecule has 12 rings (SSSR count). The van der Waals surface area contributed by atoms with Gasteiger partial charge in [0, 0.05) is 72.6 Å². The van der Waals surface area contributed by atoms with E-state index in [0.29, 0.717) is 46.7 Å². The number of thiazole rings is 1. The third-order valence-electron chi connectivity index (χ3n) is 6.40. The molecule has 0 aliphatic carbocycles. The van der Waals surface area contributed by atoms with Crippen LogP contribution in [0.5, 0.6) is 0 Å². The van der Waals surface area contributed by atoms with E-state index >= 15 is 0 Å². The fourth-order valence-corrected chi connectivity index (χ4v) is 4.69. The third kappa shape index (κ3) is 275. The molecule has 0 amide bonds. The molecule has 0 aliphatic rings. The van der Waals surface area contributed by atoms with Gasteiger partial charge in [-0.1, -0.05) is 370 Å². The molecule has 127 heavy (non-hydrogen) atoms. The van der Waals surface area contributed by atoms with Crippen LogP contribution in [0, 0.1) is 73.5 Å². The molecule has 28 heteroatoms. The number of oxazole rings is 1. The number of nitrogens with zero attached hydrogens (tertiary/aromatic N) is 16. The SMILES string of the molecule is CC.CC.CC.CC.CC.CC.CC.CC.CC.CC(C)(C)C.CC(C)C.CC(C)C.CC(C)C.CC(C)C.CC(C)C.CC(C)C.CC(C)C.CC(C)C.Cc1nnc(C(C)C)o1.Cc1noc(C(C)C)n1.Cc1nsc(C(C)C)n1.c1c[nH]cn1.c1ccoc1.c1cn[nH]c1.c1cn[nH]n1.c1cnoc1.c1cnsc1.c1cocn1.c1cscn1.c1nc[nH]n1. The Hall–Kier alpha value is -8.50. The van der Waals surface area contributed by atoms with E-state index in [-0.39, 0.29) is 0 Å². The van der Waals surface area contributed by atoms with Crippen LogP contribution in [0.1, 0.15) is 412 Å². The standard InChI is InChI=1S/2C6H10N2O.C6H10N2S.C5H12.C4H4O.8C4H10.2C3H4N2.2C3H3NO.2C3H3NS.2C2H3N3.9C2H6/c1-4(2)6-8-7-5(3)9-6;2*1-4(2)6-7-5(3)8-9-6;1-5(2,3)4;1-2-4-5-3-1;8*1-4(2)3;1-2-5-3-4-1;1-2-4-5-3-1;1-2-5-3-4-1;1-2-4-5-3-1;1-2-5-3-4-1;1-2-4-5-3-1;1-3-2-5-4-1;1-2-4-5-3-1;9*1-2/h3*4H,1-3H3;1-4H3;1-4H;8*4H,1-3H3;2*1-3H,(H,4,5);4*1-3H;2*1-2H,(H,3,4,5);9*1-2H3. The minimum atomic E-state index is 0.339. The molecule has 12 aromatic heterocycles. The zero-order valence-corrected chi connectivity index (χ0v) is 94.7. The summed E-state index contributed by atoms with van der Waals surface area (Å²) in [7, 11) is 0. The summed E-state index contributed by atoms with van der Waals surface area (Å²) in [5.74, 6) is 11.5. The molecular weight excluding hydrogens is 1650 g/mol. The number of H-pyrrole nitrogens is 4. The van der Waals surface area contributed by atoms with Crippen LogP contribution in [0.3, 0.4) is 0 Å². The van der Waals surface area contributed by atoms with E-state index < -0.39 is 0 Å². The van der Waals surface area contributed by atoms with Crippen LogP contribution in [-0.4, -0.2) is 100.0 Å². The van der Waals surface area contributed by atoms with Crippen LogP contribution in [0.4, 0.5) is 0 Å². The fourth-order valence-electron chi connectivity index (χ4n) is 3.33. The van der Waals surface area contributed by atoms with E-state index in [0.717, 1.165) is 58.2 Å². The maximum atomic E-state index is 5.12. The Morgan fingerprint density at radius 1 is 0.370 bits per heavy atom. The summed E-state index contributed by atoms with van der Waals surface area (Å²) < 4.78 is 31.2. The first-order chi connectivity index (χ1) is 60.0. The molecule has 0 spiro atoms. The second kappa shape index (κ2) is 152. The van der Waals surface area contributed by atoms with Crippen LogP contribution < -0.4 is 0 Å². The number of aryl methyl sites for hydroxylation is 3. The van der Waals surface area contributed by atoms with E-state index in [9.17, 15) is 0 Å². The number of rotatable bonds is 3. The normalized spacial score (nSPS) is 8.27. The highest BCUT2D eigenvalue weighted by molar-refractivity contribution is 7.07. The van der Waals surface area contributed by atoms with Crippen LogP contribution in [0.15, 0.2) is 181 Å². The highest BCUT2D eigenvalue weighted by Crippen LogP contribution is 2.15. The minimum absolute atomic E-state index is 0.339. The number of aromatic nitrogens is 20. The topological polar surface area (TPSA) is 335 Å². The fraction of sp³-hybridized carbons (Fsp3) is 0.677. The van der Waals surface area contributed by atoms with Crippen LogP contribution in [0.25, 0.3) is 0 Å². The van der Waals surface area contributed by atoms with Crippen molar-refractivity contribution >= 4 is 34.4 Å². The number of nitrogens with one attached hydrogen (secondary N) is 4. The van der Waals surface area contributed by atoms with Crippen molar-refractivity contribution in [3.63, 3.8) is 0 Å². The van der Waals surface area contributed by atoms with E-state index in [1.165, 1.54) is 54.6 Å². The van der Waals surface area contributed by atoms with E-state index in [1.807, 2.05) is 201 Å². The lowest BCUT2D eigenvalue weighted by Crippen LogP contribution is -1.93. The van der Waals surface area contributed by atoms with Gasteiger partial charge in [0.2, 0.25) is 17.7 Å². The van der Waals surface area contributed by atoms with Crippen molar-refractivity contribution in [1.82, 2.24) is 100.0 Å². The predicted octanol–water partition coefficient (Wildman–Crippen LogP) is 34.9. The lowest BCUT2D eigenvalue weighted by molar-refractivity contribution is 0.362. The van der Waals surface area contributed by atoms with Crippen molar-refractivity contribution in [1.29, 1.82) is 0 Å². The van der Waals surface area contributed by atoms with Gasteiger partial charge in [-0.3, -0.25) is 15.2 Å². The van der Waals surface area contributed by atoms with Crippen molar-refractivity contribution in [2.24, 2.45) is 52.8 Å². The average molecular weight is 1850 g/mol. The molecule has 0 fully saturated rings. The molecule has 0 saturated heterocycles. The summed E-state index contributed by atoms with van der Waals surface area (Å²) in [6.07, 6.45) is 29.0. The zero-order chi connectivity index (χ0) is 103. The minimum Gasteiger partial charge on any atom is -0.473 e. The quantitative estimate of drug-likeness (QED) is 0.128. The Morgan fingerprint density at radius 2 is 0.827 bits per heavy atom. The van der Waals surface area contributed by atoms with Crippen molar-refractivity contribution < 1.29 is 22.3 Å². The van der Waals surface area contributed by atoms with Gasteiger partial charge in [-0.25, -0.2) is 24.3 Å². The largest absolute Gasteiger partial charge is 0.473 e. The Morgan fingerprint density at radius 3 is 0.945 bits per heavy atom. The predicted molar refractivity (Wildman–Crippen MR) is 562 cm³/mol. The summed E-state index contributed by atoms with van der Waals surface area (Å²) in [5.41, 5.74) is 2.29. The number of imidazole rings is 1. The Bertz CT molecular complexity index is 2430. The number of hydrogen-bond acceptors (Lipinski definition) is 24. The summed E-state index contributed by atoms with van der Waals surface area (Å²) in [5, 5.41) is 41.0. The van der Waals surface area contributed by atoms with E-state index in [4.69, 9.17) is 8.94 Å². The smallest absolute Gasteiger partial charge is 0.229 e. The first-order valence-electron chi connectivity index (χ1n) is 46.1. The molecule has 0 unspecified atom stereocenters. The zero-order valence-electron chi connectivity index (χ0n) is 92.3. The van der Waals surface area contributed by atoms with Crippen molar-refractivity contribution in [2.75, 3.05) is 0 Å². The Kier molecular flexibility index (Phi) is 194. The Balaban J connectivity index is -0.0000000611. The maximum Gasteiger partial charge on any atom is 0.229 e. The molecule has 4 N–H and O–H groups in total. The lowest BCUT2D eigenvalue weighted by atomic mass is 10.0. The first kappa shape index (κ1) is 162. The lowest BCUT2D eigenvalue weighted by Gasteiger charge is -2.05. The molecule has 12 aromatic rings. The van der Waals surface area contributed by atoms with Crippen molar-refractivity contribution in [2.45, 2.75) is 399 Å². The number of aromatic amines is 4. The average Bonchev–Trinajstić information content (AvgIpc) is 1.80. The van der Waals surface area contributed by atoms with Gasteiger partial charge in [0.25, 0.3) is 0 Å². The van der Waals surface area contributed by atoms with Gasteiger partial charge in [-0.15, -0.1) is 21.5 Å². The molecule has 0 aliphatic heterocycles. The van der Waals surface area contributed by atoms with Crippen molar-refractivity contribution in [3.05, 3.63) is 193 Å². The molecule has 0 saturated carbocycles. The van der Waals surface area contributed by atoms with Crippen LogP contribution in [0.2, 0.25) is 0 Å². The molecule has 0 radical (unpaired) electrons. The molecule has 12 heterocycles. The van der Waals surface area contributed by atoms with Gasteiger partial charge < -0.3 is 27.3 Å². The molecule has 25 nitrogen and oxygen atoms in total. The molecule has 0 bridgehead atoms. The summed E-state index contributed by atoms with van der Waals surface area (Å²) in [6, 6.07) is 9.13. The van der Waals surface area contributed by atoms with E-state index in [1.54, 1.807) is 111 Å². The van der Waals surface area contributed by atoms with E-state index in [2.05, 4.69) is 321 Å². The second-order valence-corrected chi connectivity index (χ2v) is 32.4. The van der Waals surface area contributed by atoms with Gasteiger partial charge in [0.15, 0.2) is 12.2 Å². The van der Waals surface area contributed by atoms with Gasteiger partial charge in [0.05, 0.1) is 49.2 Å². The second-order valence-electron chi connectivity index (χ2n) is 30.2. The van der Waals surface area contributed by atoms with Gasteiger partial charge in [0.1, 0.15) is 36.0 Å².